The molecule has 0 spiro atoms. The maximum Gasteiger partial charge on any atom is 0.433 e. The lowest BCUT2D eigenvalue weighted by Crippen LogP contribution is -2.41. The Balaban J connectivity index is 2.42. The standard InChI is InChI=1S/C28H29F3O2/c1-5-12-21(2)13-8-6-11-16-24-20-26(33-4)25(19-22(24)3)27(32,28(29,30)31)18-17-23-14-9-7-10-15-23/h7-12,14-15,19-20,32H,5,13,16H2,1-4H3. The number of halogens is 3. The Hall–Kier alpha value is -3.19. The first kappa shape index (κ1) is 26.1. The minimum absolute atomic E-state index is 0.0723. The monoisotopic (exact) mass is 454 g/mol. The zero-order valence-electron chi connectivity index (χ0n) is 19.4. The van der Waals surface area contributed by atoms with Crippen LogP contribution in [0.25, 0.3) is 0 Å². The van der Waals surface area contributed by atoms with Crippen molar-refractivity contribution in [3.63, 3.8) is 0 Å². The molecule has 0 radical (unpaired) electrons. The van der Waals surface area contributed by atoms with Crippen LogP contribution in [0.3, 0.4) is 0 Å². The van der Waals surface area contributed by atoms with E-state index in [4.69, 9.17) is 4.74 Å². The molecule has 0 aliphatic heterocycles. The molecular formula is C28H29F3O2. The average Bonchev–Trinajstić information content (AvgIpc) is 2.78. The summed E-state index contributed by atoms with van der Waals surface area (Å²) in [7, 11) is 1.28. The van der Waals surface area contributed by atoms with Crippen LogP contribution >= 0.6 is 0 Å². The molecule has 0 bridgehead atoms. The number of benzene rings is 2. The van der Waals surface area contributed by atoms with Gasteiger partial charge in [-0.1, -0.05) is 42.7 Å². The molecule has 0 aliphatic rings. The number of hydrogen-bond acceptors (Lipinski definition) is 2. The molecule has 174 valence electrons. The first-order valence-electron chi connectivity index (χ1n) is 10.7. The summed E-state index contributed by atoms with van der Waals surface area (Å²) >= 11 is 0. The molecule has 0 heterocycles. The van der Waals surface area contributed by atoms with Crippen LogP contribution in [0.5, 0.6) is 5.75 Å². The van der Waals surface area contributed by atoms with Gasteiger partial charge >= 0.3 is 6.18 Å². The molecule has 2 aromatic carbocycles. The van der Waals surface area contributed by atoms with Crippen molar-refractivity contribution in [2.45, 2.75) is 51.8 Å². The molecule has 0 saturated heterocycles. The van der Waals surface area contributed by atoms with E-state index >= 15 is 0 Å². The molecular weight excluding hydrogens is 425 g/mol. The quantitative estimate of drug-likeness (QED) is 0.283. The molecule has 0 saturated carbocycles. The Bertz CT molecular complexity index is 1100. The van der Waals surface area contributed by atoms with E-state index in [2.05, 4.69) is 31.6 Å². The molecule has 33 heavy (non-hydrogen) atoms. The van der Waals surface area contributed by atoms with Crippen LogP contribution < -0.4 is 4.74 Å². The number of methoxy groups -OCH3 is 1. The van der Waals surface area contributed by atoms with Crippen LogP contribution in [-0.2, 0) is 12.0 Å². The van der Waals surface area contributed by atoms with E-state index in [1.807, 2.05) is 18.1 Å². The van der Waals surface area contributed by atoms with E-state index in [1.165, 1.54) is 24.8 Å². The smallest absolute Gasteiger partial charge is 0.433 e. The van der Waals surface area contributed by atoms with E-state index < -0.39 is 17.3 Å². The lowest BCUT2D eigenvalue weighted by molar-refractivity contribution is -0.241. The Morgan fingerprint density at radius 2 is 1.82 bits per heavy atom. The summed E-state index contributed by atoms with van der Waals surface area (Å²) in [5.74, 6) is 4.41. The molecule has 0 aromatic heterocycles. The molecule has 1 atom stereocenters. The molecule has 5 heteroatoms. The van der Waals surface area contributed by atoms with Crippen LogP contribution in [-0.4, -0.2) is 18.4 Å². The molecule has 2 nitrogen and oxygen atoms in total. The van der Waals surface area contributed by atoms with Gasteiger partial charge in [0.1, 0.15) is 5.75 Å². The van der Waals surface area contributed by atoms with Crippen LogP contribution in [0.4, 0.5) is 13.2 Å². The number of aryl methyl sites for hydroxylation is 1. The second kappa shape index (κ2) is 11.6. The van der Waals surface area contributed by atoms with Gasteiger partial charge in [-0.3, -0.25) is 0 Å². The number of ether oxygens (including phenoxy) is 1. The van der Waals surface area contributed by atoms with Crippen LogP contribution in [0, 0.1) is 18.8 Å². The second-order valence-electron chi connectivity index (χ2n) is 7.75. The molecule has 0 fully saturated rings. The molecule has 1 N–H and O–H groups in total. The van der Waals surface area contributed by atoms with E-state index in [-0.39, 0.29) is 5.75 Å². The van der Waals surface area contributed by atoms with E-state index in [0.717, 1.165) is 18.4 Å². The Kier molecular flexibility index (Phi) is 9.17. The first-order valence-corrected chi connectivity index (χ1v) is 10.7. The van der Waals surface area contributed by atoms with Crippen molar-refractivity contribution >= 4 is 0 Å². The summed E-state index contributed by atoms with van der Waals surface area (Å²) in [5, 5.41) is 10.7. The topological polar surface area (TPSA) is 29.5 Å². The zero-order chi connectivity index (χ0) is 24.5. The van der Waals surface area contributed by atoms with Gasteiger partial charge in [0.15, 0.2) is 0 Å². The number of rotatable bonds is 7. The third kappa shape index (κ3) is 6.89. The van der Waals surface area contributed by atoms with Gasteiger partial charge in [-0.2, -0.15) is 13.2 Å². The van der Waals surface area contributed by atoms with Crippen molar-refractivity contribution in [3.8, 4) is 17.6 Å². The molecule has 2 rings (SSSR count). The zero-order valence-corrected chi connectivity index (χ0v) is 19.4. The highest BCUT2D eigenvalue weighted by Gasteiger charge is 2.56. The van der Waals surface area contributed by atoms with Crippen LogP contribution in [0.15, 0.2) is 72.0 Å². The number of allylic oxidation sites excluding steroid dienone is 3. The van der Waals surface area contributed by atoms with Crippen molar-refractivity contribution in [1.29, 1.82) is 0 Å². The summed E-state index contributed by atoms with van der Waals surface area (Å²) < 4.78 is 47.3. The summed E-state index contributed by atoms with van der Waals surface area (Å²) in [6.07, 6.45) is 3.11. The van der Waals surface area contributed by atoms with Crippen molar-refractivity contribution in [3.05, 3.63) is 94.3 Å². The van der Waals surface area contributed by atoms with Crippen molar-refractivity contribution in [1.82, 2.24) is 0 Å². The van der Waals surface area contributed by atoms with Crippen molar-refractivity contribution < 1.29 is 23.0 Å². The van der Waals surface area contributed by atoms with Gasteiger partial charge in [0.2, 0.25) is 0 Å². The fraction of sp³-hybridized carbons (Fsp3) is 0.321. The second-order valence-corrected chi connectivity index (χ2v) is 7.75. The van der Waals surface area contributed by atoms with E-state index in [1.54, 1.807) is 37.3 Å². The summed E-state index contributed by atoms with van der Waals surface area (Å²) in [6, 6.07) is 11.0. The van der Waals surface area contributed by atoms with Gasteiger partial charge in [-0.05, 0) is 86.6 Å². The Labute approximate surface area is 194 Å². The van der Waals surface area contributed by atoms with Crippen LogP contribution in [0.1, 0.15) is 48.9 Å². The van der Waals surface area contributed by atoms with Crippen molar-refractivity contribution in [2.24, 2.45) is 0 Å². The minimum Gasteiger partial charge on any atom is -0.496 e. The van der Waals surface area contributed by atoms with Crippen molar-refractivity contribution in [2.75, 3.05) is 7.11 Å². The third-order valence-corrected chi connectivity index (χ3v) is 5.15. The van der Waals surface area contributed by atoms with Gasteiger partial charge in [0.25, 0.3) is 5.60 Å². The molecule has 0 aliphatic carbocycles. The van der Waals surface area contributed by atoms with E-state index in [9.17, 15) is 18.3 Å². The maximum absolute atomic E-state index is 14.0. The molecule has 2 aromatic rings. The average molecular weight is 455 g/mol. The van der Waals surface area contributed by atoms with Gasteiger partial charge in [0, 0.05) is 11.1 Å². The van der Waals surface area contributed by atoms with Gasteiger partial charge in [-0.15, -0.1) is 5.73 Å². The molecule has 1 unspecified atom stereocenters. The molecule has 0 amide bonds. The van der Waals surface area contributed by atoms with Crippen LogP contribution in [0.2, 0.25) is 0 Å². The largest absolute Gasteiger partial charge is 0.496 e. The number of alkyl halides is 3. The Morgan fingerprint density at radius 3 is 2.42 bits per heavy atom. The summed E-state index contributed by atoms with van der Waals surface area (Å²) in [6.45, 7) is 5.83. The number of hydrogen-bond donors (Lipinski definition) is 1. The predicted octanol–water partition coefficient (Wildman–Crippen LogP) is 6.81. The lowest BCUT2D eigenvalue weighted by atomic mass is 9.89. The highest BCUT2D eigenvalue weighted by Crippen LogP contribution is 2.43. The normalized spacial score (nSPS) is 13.3. The lowest BCUT2D eigenvalue weighted by Gasteiger charge is -2.28. The minimum atomic E-state index is -5.03. The summed E-state index contributed by atoms with van der Waals surface area (Å²) in [4.78, 5) is 0. The SMILES string of the molecule is CCC=C(C)CC=C=CCc1cc(OC)c(C(O)(C#Cc2ccccc2)C(F)(F)F)cc1C. The van der Waals surface area contributed by atoms with E-state index in [0.29, 0.717) is 17.5 Å². The maximum atomic E-state index is 14.0. The highest BCUT2D eigenvalue weighted by molar-refractivity contribution is 5.51. The summed E-state index contributed by atoms with van der Waals surface area (Å²) in [5.41, 5.74) is 2.30. The fourth-order valence-corrected chi connectivity index (χ4v) is 3.28. The predicted molar refractivity (Wildman–Crippen MR) is 126 cm³/mol. The number of aliphatic hydroxyl groups is 1. The van der Waals surface area contributed by atoms with Gasteiger partial charge in [0.05, 0.1) is 7.11 Å². The van der Waals surface area contributed by atoms with Gasteiger partial charge < -0.3 is 9.84 Å². The van der Waals surface area contributed by atoms with Gasteiger partial charge in [-0.25, -0.2) is 0 Å². The fourth-order valence-electron chi connectivity index (χ4n) is 3.28. The third-order valence-electron chi connectivity index (χ3n) is 5.15. The Morgan fingerprint density at radius 1 is 1.12 bits per heavy atom. The first-order chi connectivity index (χ1) is 15.6. The highest BCUT2D eigenvalue weighted by atomic mass is 19.4.